The van der Waals surface area contributed by atoms with Crippen LogP contribution in [0.25, 0.3) is 0 Å². The summed E-state index contributed by atoms with van der Waals surface area (Å²) in [6.45, 7) is 4.16. The van der Waals surface area contributed by atoms with Crippen molar-refractivity contribution in [2.24, 2.45) is 0 Å². The highest BCUT2D eigenvalue weighted by molar-refractivity contribution is 5.14. The smallest absolute Gasteiger partial charge is 0.0860 e. The maximum Gasteiger partial charge on any atom is 0.0860 e. The molecule has 0 saturated carbocycles. The third kappa shape index (κ3) is 2.91. The Morgan fingerprint density at radius 3 is 2.76 bits per heavy atom. The summed E-state index contributed by atoms with van der Waals surface area (Å²) in [6, 6.07) is 5.99. The van der Waals surface area contributed by atoms with Crippen LogP contribution in [0.15, 0.2) is 36.8 Å². The number of hydrogen-bond acceptors (Lipinski definition) is 3. The molecule has 1 unspecified atom stereocenters. The highest BCUT2D eigenvalue weighted by Crippen LogP contribution is 2.16. The molecule has 0 aliphatic heterocycles. The molecule has 1 N–H and O–H groups in total. The first kappa shape index (κ1) is 11.8. The van der Waals surface area contributed by atoms with Gasteiger partial charge >= 0.3 is 0 Å². The highest BCUT2D eigenvalue weighted by atomic mass is 16.3. The Kier molecular flexibility index (Phi) is 3.54. The van der Waals surface area contributed by atoms with Gasteiger partial charge in [0.25, 0.3) is 0 Å². The zero-order chi connectivity index (χ0) is 12.3. The van der Waals surface area contributed by atoms with Gasteiger partial charge in [-0.2, -0.15) is 5.10 Å². The van der Waals surface area contributed by atoms with Crippen molar-refractivity contribution < 1.29 is 5.11 Å². The fourth-order valence-corrected chi connectivity index (χ4v) is 1.66. The van der Waals surface area contributed by atoms with E-state index in [-0.39, 0.29) is 0 Å². The van der Waals surface area contributed by atoms with Gasteiger partial charge in [-0.05, 0) is 31.5 Å². The minimum absolute atomic E-state index is 0.347. The van der Waals surface area contributed by atoms with E-state index in [4.69, 9.17) is 0 Å². The lowest BCUT2D eigenvalue weighted by Crippen LogP contribution is -2.05. The summed E-state index contributed by atoms with van der Waals surface area (Å²) in [4.78, 5) is 4.00. The molecule has 0 aromatic carbocycles. The zero-order valence-electron chi connectivity index (χ0n) is 10.1. The van der Waals surface area contributed by atoms with Crippen molar-refractivity contribution in [3.63, 3.8) is 0 Å². The van der Waals surface area contributed by atoms with E-state index in [2.05, 4.69) is 23.9 Å². The van der Waals surface area contributed by atoms with Gasteiger partial charge in [0.15, 0.2) is 0 Å². The molecule has 4 nitrogen and oxygen atoms in total. The molecule has 0 spiro atoms. The summed E-state index contributed by atoms with van der Waals surface area (Å²) < 4.78 is 1.89. The molecule has 17 heavy (non-hydrogen) atoms. The molecule has 2 aromatic heterocycles. The standard InChI is InChI=1S/C13H17N3O/c1-10(2)16-7-5-12(15-16)8-13(17)11-4-3-6-14-9-11/h3-7,9-10,13,17H,8H2,1-2H3. The number of aliphatic hydroxyl groups is 1. The van der Waals surface area contributed by atoms with Crippen LogP contribution in [0.1, 0.15) is 37.3 Å². The van der Waals surface area contributed by atoms with Crippen LogP contribution < -0.4 is 0 Å². The number of rotatable bonds is 4. The average molecular weight is 231 g/mol. The van der Waals surface area contributed by atoms with Gasteiger partial charge in [0.1, 0.15) is 0 Å². The van der Waals surface area contributed by atoms with Crippen LogP contribution >= 0.6 is 0 Å². The van der Waals surface area contributed by atoms with E-state index in [0.717, 1.165) is 11.3 Å². The Hall–Kier alpha value is -1.68. The van der Waals surface area contributed by atoms with E-state index in [1.807, 2.05) is 29.1 Å². The lowest BCUT2D eigenvalue weighted by atomic mass is 10.1. The van der Waals surface area contributed by atoms with Gasteiger partial charge in [0.05, 0.1) is 11.8 Å². The van der Waals surface area contributed by atoms with Crippen LogP contribution in [0.5, 0.6) is 0 Å². The molecule has 0 fully saturated rings. The summed E-state index contributed by atoms with van der Waals surface area (Å²) in [5.74, 6) is 0. The second kappa shape index (κ2) is 5.10. The molecule has 1 atom stereocenters. The maximum absolute atomic E-state index is 10.0. The fraction of sp³-hybridized carbons (Fsp3) is 0.385. The molecular weight excluding hydrogens is 214 g/mol. The van der Waals surface area contributed by atoms with Gasteiger partial charge < -0.3 is 5.11 Å². The van der Waals surface area contributed by atoms with Gasteiger partial charge in [0, 0.05) is 31.1 Å². The monoisotopic (exact) mass is 231 g/mol. The minimum atomic E-state index is -0.542. The van der Waals surface area contributed by atoms with Crippen molar-refractivity contribution >= 4 is 0 Å². The SMILES string of the molecule is CC(C)n1ccc(CC(O)c2cccnc2)n1. The van der Waals surface area contributed by atoms with Gasteiger partial charge in [-0.25, -0.2) is 0 Å². The van der Waals surface area contributed by atoms with Gasteiger partial charge in [0.2, 0.25) is 0 Å². The molecule has 0 amide bonds. The maximum atomic E-state index is 10.0. The molecule has 2 heterocycles. The molecule has 0 aliphatic carbocycles. The number of nitrogens with zero attached hydrogens (tertiary/aromatic N) is 3. The molecule has 4 heteroatoms. The van der Waals surface area contributed by atoms with Crippen molar-refractivity contribution in [2.45, 2.75) is 32.4 Å². The highest BCUT2D eigenvalue weighted by Gasteiger charge is 2.11. The number of aliphatic hydroxyl groups excluding tert-OH is 1. The quantitative estimate of drug-likeness (QED) is 0.877. The van der Waals surface area contributed by atoms with Gasteiger partial charge in [-0.3, -0.25) is 9.67 Å². The van der Waals surface area contributed by atoms with Crippen molar-refractivity contribution in [1.29, 1.82) is 0 Å². The Labute approximate surface area is 101 Å². The van der Waals surface area contributed by atoms with Gasteiger partial charge in [-0.1, -0.05) is 6.07 Å². The molecule has 0 radical (unpaired) electrons. The van der Waals surface area contributed by atoms with E-state index in [9.17, 15) is 5.11 Å². The molecular formula is C13H17N3O. The second-order valence-corrected chi connectivity index (χ2v) is 4.39. The van der Waals surface area contributed by atoms with Gasteiger partial charge in [-0.15, -0.1) is 0 Å². The topological polar surface area (TPSA) is 50.9 Å². The summed E-state index contributed by atoms with van der Waals surface area (Å²) in [7, 11) is 0. The first-order chi connectivity index (χ1) is 8.16. The first-order valence-corrected chi connectivity index (χ1v) is 5.79. The summed E-state index contributed by atoms with van der Waals surface area (Å²) >= 11 is 0. The summed E-state index contributed by atoms with van der Waals surface area (Å²) in [5, 5.41) is 14.4. The fourth-order valence-electron chi connectivity index (χ4n) is 1.66. The molecule has 0 saturated heterocycles. The number of hydrogen-bond donors (Lipinski definition) is 1. The third-order valence-electron chi connectivity index (χ3n) is 2.66. The predicted molar refractivity (Wildman–Crippen MR) is 65.5 cm³/mol. The predicted octanol–water partition coefficient (Wildman–Crippen LogP) is 2.14. The lowest BCUT2D eigenvalue weighted by Gasteiger charge is -2.08. The average Bonchev–Trinajstić information content (AvgIpc) is 2.79. The summed E-state index contributed by atoms with van der Waals surface area (Å²) in [6.07, 6.45) is 5.30. The van der Waals surface area contributed by atoms with Crippen LogP contribution in [0.3, 0.4) is 0 Å². The van der Waals surface area contributed by atoms with E-state index in [1.54, 1.807) is 12.4 Å². The van der Waals surface area contributed by atoms with Crippen molar-refractivity contribution in [2.75, 3.05) is 0 Å². The minimum Gasteiger partial charge on any atom is -0.388 e. The molecule has 0 bridgehead atoms. The van der Waals surface area contributed by atoms with Crippen LogP contribution in [0, 0.1) is 0 Å². The number of pyridine rings is 1. The summed E-state index contributed by atoms with van der Waals surface area (Å²) in [5.41, 5.74) is 1.72. The first-order valence-electron chi connectivity index (χ1n) is 5.79. The Bertz CT molecular complexity index is 465. The second-order valence-electron chi connectivity index (χ2n) is 4.39. The van der Waals surface area contributed by atoms with E-state index in [1.165, 1.54) is 0 Å². The van der Waals surface area contributed by atoms with E-state index >= 15 is 0 Å². The normalized spacial score (nSPS) is 12.9. The molecule has 2 rings (SSSR count). The third-order valence-corrected chi connectivity index (χ3v) is 2.66. The molecule has 0 aliphatic rings. The van der Waals surface area contributed by atoms with Crippen LogP contribution in [-0.4, -0.2) is 19.9 Å². The van der Waals surface area contributed by atoms with E-state index in [0.29, 0.717) is 12.5 Å². The Morgan fingerprint density at radius 2 is 2.18 bits per heavy atom. The van der Waals surface area contributed by atoms with Crippen molar-refractivity contribution in [3.8, 4) is 0 Å². The lowest BCUT2D eigenvalue weighted by molar-refractivity contribution is 0.176. The number of aromatic nitrogens is 3. The zero-order valence-corrected chi connectivity index (χ0v) is 10.1. The van der Waals surface area contributed by atoms with Crippen LogP contribution in [0.4, 0.5) is 0 Å². The van der Waals surface area contributed by atoms with Crippen molar-refractivity contribution in [1.82, 2.24) is 14.8 Å². The van der Waals surface area contributed by atoms with E-state index < -0.39 is 6.10 Å². The largest absolute Gasteiger partial charge is 0.388 e. The van der Waals surface area contributed by atoms with Crippen LogP contribution in [-0.2, 0) is 6.42 Å². The Morgan fingerprint density at radius 1 is 1.35 bits per heavy atom. The molecule has 90 valence electrons. The Balaban J connectivity index is 2.05. The van der Waals surface area contributed by atoms with Crippen LogP contribution in [0.2, 0.25) is 0 Å². The molecule has 2 aromatic rings. The van der Waals surface area contributed by atoms with Crippen molar-refractivity contribution in [3.05, 3.63) is 48.0 Å².